The Bertz CT molecular complexity index is 2870. The van der Waals surface area contributed by atoms with E-state index < -0.39 is 24.3 Å². The zero-order valence-electron chi connectivity index (χ0n) is 39.0. The van der Waals surface area contributed by atoms with Crippen LogP contribution in [0.25, 0.3) is 54.1 Å². The smallest absolute Gasteiger partial charge is 0.407 e. The molecule has 16 nitrogen and oxygen atoms in total. The third-order valence-corrected chi connectivity index (χ3v) is 16.1. The minimum Gasteiger partial charge on any atom is -0.453 e. The molecule has 4 aromatic heterocycles. The molecule has 1 spiro atoms. The molecule has 1 saturated carbocycles. The highest BCUT2D eigenvalue weighted by atomic mass is 32.1. The molecule has 4 N–H and O–H groups in total. The van der Waals surface area contributed by atoms with Gasteiger partial charge in [0.2, 0.25) is 11.8 Å². The number of hydrogen-bond donors (Lipinski definition) is 4. The number of thiophene rings is 1. The molecule has 10 rings (SSSR count). The van der Waals surface area contributed by atoms with Crippen molar-refractivity contribution in [3.05, 3.63) is 65.5 Å². The van der Waals surface area contributed by atoms with Gasteiger partial charge in [-0.2, -0.15) is 0 Å². The van der Waals surface area contributed by atoms with Gasteiger partial charge in [0, 0.05) is 34.0 Å². The van der Waals surface area contributed by atoms with Crippen LogP contribution in [-0.4, -0.2) is 98.3 Å². The second kappa shape index (κ2) is 17.8. The van der Waals surface area contributed by atoms with Crippen LogP contribution >= 0.6 is 11.3 Å². The molecule has 4 atom stereocenters. The minimum atomic E-state index is -0.720. The van der Waals surface area contributed by atoms with E-state index in [0.29, 0.717) is 24.5 Å². The number of fused-ring (bicyclic) bond motifs is 3. The van der Waals surface area contributed by atoms with Gasteiger partial charge < -0.3 is 44.4 Å². The molecule has 0 bridgehead atoms. The number of aromatic amines is 2. The first-order chi connectivity index (χ1) is 32.4. The summed E-state index contributed by atoms with van der Waals surface area (Å²) in [5, 5.41) is 10.7. The molecule has 4 aliphatic rings. The van der Waals surface area contributed by atoms with Crippen LogP contribution in [0, 0.1) is 17.3 Å². The molecule has 2 saturated heterocycles. The van der Waals surface area contributed by atoms with Crippen LogP contribution in [0.15, 0.2) is 47.2 Å². The number of carbonyl (C=O) groups excluding carboxylic acids is 4. The zero-order valence-corrected chi connectivity index (χ0v) is 39.8. The average Bonchev–Trinajstić information content (AvgIpc) is 4.18. The van der Waals surface area contributed by atoms with Gasteiger partial charge in [-0.3, -0.25) is 9.59 Å². The van der Waals surface area contributed by atoms with Gasteiger partial charge in [-0.15, -0.1) is 11.3 Å². The average molecular weight is 930 g/mol. The number of alkyl carbamates (subject to hydrolysis) is 2. The van der Waals surface area contributed by atoms with Gasteiger partial charge in [0.15, 0.2) is 5.58 Å². The lowest BCUT2D eigenvalue weighted by Crippen LogP contribution is -2.51. The van der Waals surface area contributed by atoms with Crippen LogP contribution in [0.1, 0.15) is 114 Å². The number of rotatable bonds is 11. The summed E-state index contributed by atoms with van der Waals surface area (Å²) in [6, 6.07) is 8.83. The molecule has 352 valence electrons. The monoisotopic (exact) mass is 929 g/mol. The Morgan fingerprint density at radius 1 is 0.776 bits per heavy atom. The zero-order chi connectivity index (χ0) is 46.7. The Balaban J connectivity index is 0.959. The van der Waals surface area contributed by atoms with E-state index in [9.17, 15) is 19.2 Å². The number of aromatic nitrogens is 5. The van der Waals surface area contributed by atoms with Crippen molar-refractivity contribution in [2.24, 2.45) is 17.3 Å². The number of benzene rings is 2. The lowest BCUT2D eigenvalue weighted by atomic mass is 9.83. The Morgan fingerprint density at radius 3 is 2.01 bits per heavy atom. The first-order valence-electron chi connectivity index (χ1n) is 23.7. The summed E-state index contributed by atoms with van der Waals surface area (Å²) in [5.41, 5.74) is 9.37. The molecule has 2 aliphatic heterocycles. The van der Waals surface area contributed by atoms with E-state index in [-0.39, 0.29) is 41.1 Å². The molecular formula is C50H59N9O7S. The van der Waals surface area contributed by atoms with Crippen molar-refractivity contribution in [3.8, 4) is 32.1 Å². The fourth-order valence-corrected chi connectivity index (χ4v) is 12.7. The quantitative estimate of drug-likeness (QED) is 0.0971. The fraction of sp³-hybridized carbons (Fsp3) is 0.500. The molecule has 6 aromatic rings. The second-order valence-corrected chi connectivity index (χ2v) is 20.7. The number of carbonyl (C=O) groups is 4. The summed E-state index contributed by atoms with van der Waals surface area (Å²) >= 11 is 1.83. The number of likely N-dealkylation sites (tertiary alicyclic amines) is 2. The van der Waals surface area contributed by atoms with Gasteiger partial charge in [-0.25, -0.2) is 19.6 Å². The summed E-state index contributed by atoms with van der Waals surface area (Å²) in [5.74, 6) is 0.896. The van der Waals surface area contributed by atoms with E-state index >= 15 is 0 Å². The van der Waals surface area contributed by atoms with Crippen LogP contribution in [-0.2, 0) is 31.9 Å². The van der Waals surface area contributed by atoms with Crippen molar-refractivity contribution < 1.29 is 33.2 Å². The largest absolute Gasteiger partial charge is 0.453 e. The van der Waals surface area contributed by atoms with Crippen molar-refractivity contribution in [1.29, 1.82) is 0 Å². The van der Waals surface area contributed by atoms with E-state index in [2.05, 4.69) is 56.1 Å². The first kappa shape index (κ1) is 44.6. The minimum absolute atomic E-state index is 0.119. The highest BCUT2D eigenvalue weighted by Crippen LogP contribution is 2.57. The van der Waals surface area contributed by atoms with Crippen LogP contribution in [0.2, 0.25) is 0 Å². The molecule has 67 heavy (non-hydrogen) atoms. The van der Waals surface area contributed by atoms with Crippen LogP contribution in [0.4, 0.5) is 9.59 Å². The summed E-state index contributed by atoms with van der Waals surface area (Å²) in [6.07, 6.45) is 12.6. The van der Waals surface area contributed by atoms with Crippen molar-refractivity contribution >= 4 is 57.3 Å². The van der Waals surface area contributed by atoms with E-state index in [1.165, 1.54) is 60.8 Å². The number of imidazole rings is 2. The molecule has 2 aromatic carbocycles. The number of nitrogens with one attached hydrogen (secondary N) is 4. The molecule has 17 heteroatoms. The fourth-order valence-electron chi connectivity index (χ4n) is 11.3. The molecular weight excluding hydrogens is 871 g/mol. The molecule has 4 amide bonds. The van der Waals surface area contributed by atoms with Crippen molar-refractivity contribution in [2.75, 3.05) is 27.3 Å². The third-order valence-electron chi connectivity index (χ3n) is 14.8. The Labute approximate surface area is 392 Å². The Kier molecular flexibility index (Phi) is 11.8. The van der Waals surface area contributed by atoms with Crippen LogP contribution in [0.5, 0.6) is 0 Å². The van der Waals surface area contributed by atoms with Crippen LogP contribution in [0.3, 0.4) is 0 Å². The standard InChI is InChI=1S/C50H59N9O7S/c1-26(2)39(56-48(62)64-5)46(60)58-19-9-11-37(58)44-51-25-36(55-44)30-15-14-29(33-24-52-66-41(30)33)43-32-23-50(17-7-8-18-50)22-31(32)42(67-43)28-13-16-34-35(21-28)54-45(53-34)38-12-10-20-59(38)47(61)40(27(3)4)57-49(63)65-6/h13-16,21,24-27,37-40H,7-12,17-20,22-23H2,1-6H3,(H,51,55)(H,53,54)(H,56,62)(H,57,63)/t37?,38-,39-,40-/m0/s1. The van der Waals surface area contributed by atoms with Gasteiger partial charge in [-0.05, 0) is 104 Å². The van der Waals surface area contributed by atoms with Crippen molar-refractivity contribution in [2.45, 2.75) is 116 Å². The van der Waals surface area contributed by atoms with E-state index in [1.807, 2.05) is 55.0 Å². The van der Waals surface area contributed by atoms with Gasteiger partial charge in [-0.1, -0.05) is 57.8 Å². The lowest BCUT2D eigenvalue weighted by molar-refractivity contribution is -0.136. The molecule has 1 unspecified atom stereocenters. The van der Waals surface area contributed by atoms with Gasteiger partial charge in [0.05, 0.1) is 60.8 Å². The predicted octanol–water partition coefficient (Wildman–Crippen LogP) is 9.24. The first-order valence-corrected chi connectivity index (χ1v) is 24.6. The maximum absolute atomic E-state index is 13.9. The number of H-pyrrole nitrogens is 2. The summed E-state index contributed by atoms with van der Waals surface area (Å²) in [6.45, 7) is 8.81. The number of hydrogen-bond acceptors (Lipinski definition) is 11. The number of amides is 4. The second-order valence-electron chi connectivity index (χ2n) is 19.6. The van der Waals surface area contributed by atoms with Crippen molar-refractivity contribution in [3.63, 3.8) is 0 Å². The van der Waals surface area contributed by atoms with E-state index in [4.69, 9.17) is 24.0 Å². The normalized spacial score (nSPS) is 19.8. The van der Waals surface area contributed by atoms with Gasteiger partial charge in [0.1, 0.15) is 23.7 Å². The summed E-state index contributed by atoms with van der Waals surface area (Å²) in [7, 11) is 2.60. The van der Waals surface area contributed by atoms with E-state index in [1.54, 1.807) is 6.20 Å². The SMILES string of the molecule is COC(=O)N[C@H](C(=O)N1CCCC1c1ncc(-c2ccc(-c3sc(-c4ccc5nc([C@@H]6CCCN6C(=O)[C@@H](NC(=O)OC)C(C)C)[nH]c5c4)c4c3CC3(CCCC3)C4)c3cnoc23)[nH]1)C(C)C. The maximum Gasteiger partial charge on any atom is 0.407 e. The topological polar surface area (TPSA) is 201 Å². The lowest BCUT2D eigenvalue weighted by Gasteiger charge is -2.30. The molecule has 0 radical (unpaired) electrons. The Hall–Kier alpha value is -6.23. The van der Waals surface area contributed by atoms with Crippen molar-refractivity contribution in [1.82, 2.24) is 45.5 Å². The summed E-state index contributed by atoms with van der Waals surface area (Å²) < 4.78 is 15.7. The Morgan fingerprint density at radius 2 is 1.39 bits per heavy atom. The van der Waals surface area contributed by atoms with Gasteiger partial charge >= 0.3 is 12.2 Å². The highest BCUT2D eigenvalue weighted by molar-refractivity contribution is 7.19. The maximum atomic E-state index is 13.9. The third kappa shape index (κ3) is 8.01. The molecule has 2 aliphatic carbocycles. The summed E-state index contributed by atoms with van der Waals surface area (Å²) in [4.78, 5) is 75.2. The molecule has 3 fully saturated rings. The number of ether oxygens (including phenoxy) is 2. The number of methoxy groups -OCH3 is 2. The predicted molar refractivity (Wildman–Crippen MR) is 254 cm³/mol. The van der Waals surface area contributed by atoms with Gasteiger partial charge in [0.25, 0.3) is 0 Å². The number of nitrogens with zero attached hydrogens (tertiary/aromatic N) is 5. The van der Waals surface area contributed by atoms with Crippen LogP contribution < -0.4 is 10.6 Å². The molecule has 6 heterocycles. The van der Waals surface area contributed by atoms with E-state index in [0.717, 1.165) is 83.2 Å². The highest BCUT2D eigenvalue weighted by Gasteiger charge is 2.44.